The highest BCUT2D eigenvalue weighted by molar-refractivity contribution is 6.32. The smallest absolute Gasteiger partial charge is 0.297 e. The Morgan fingerprint density at radius 1 is 1.59 bits per heavy atom. The summed E-state index contributed by atoms with van der Waals surface area (Å²) in [5, 5.41) is 20.1. The van der Waals surface area contributed by atoms with Crippen molar-refractivity contribution in [1.82, 2.24) is 15.7 Å². The standard InChI is InChI=1S/C12H12ClN5O4/c1-2-21-8-4-6(3-7(13)10(8)19)5-15-16-12(20)9-11(14)18-22-17-9/h3-5,19H,2H2,1H3,(H2,14,18)(H,16,20)/b15-5+. The summed E-state index contributed by atoms with van der Waals surface area (Å²) in [6, 6.07) is 2.98. The highest BCUT2D eigenvalue weighted by atomic mass is 35.5. The monoisotopic (exact) mass is 325 g/mol. The van der Waals surface area contributed by atoms with Crippen molar-refractivity contribution in [3.05, 3.63) is 28.4 Å². The van der Waals surface area contributed by atoms with Gasteiger partial charge in [0.2, 0.25) is 11.5 Å². The van der Waals surface area contributed by atoms with E-state index in [4.69, 9.17) is 22.1 Å². The molecule has 0 radical (unpaired) electrons. The zero-order valence-electron chi connectivity index (χ0n) is 11.4. The van der Waals surface area contributed by atoms with Crippen LogP contribution in [0.5, 0.6) is 11.5 Å². The second-order valence-corrected chi connectivity index (χ2v) is 4.39. The fourth-order valence-corrected chi connectivity index (χ4v) is 1.72. The molecule has 0 atom stereocenters. The third-order valence-corrected chi connectivity index (χ3v) is 2.75. The number of ether oxygens (including phenoxy) is 1. The van der Waals surface area contributed by atoms with E-state index in [0.717, 1.165) is 0 Å². The lowest BCUT2D eigenvalue weighted by Gasteiger charge is -2.08. The van der Waals surface area contributed by atoms with Crippen LogP contribution in [0.25, 0.3) is 0 Å². The number of phenolic OH excluding ortho intramolecular Hbond substituents is 1. The number of aromatic nitrogens is 2. The van der Waals surface area contributed by atoms with E-state index in [9.17, 15) is 9.90 Å². The van der Waals surface area contributed by atoms with Gasteiger partial charge in [-0.25, -0.2) is 10.1 Å². The summed E-state index contributed by atoms with van der Waals surface area (Å²) in [5.74, 6) is -0.761. The van der Waals surface area contributed by atoms with Crippen LogP contribution >= 0.6 is 11.6 Å². The molecule has 10 heteroatoms. The molecule has 0 saturated heterocycles. The molecule has 1 amide bonds. The molecular weight excluding hydrogens is 314 g/mol. The van der Waals surface area contributed by atoms with E-state index in [1.54, 1.807) is 6.92 Å². The number of halogens is 1. The van der Waals surface area contributed by atoms with E-state index in [-0.39, 0.29) is 28.0 Å². The highest BCUT2D eigenvalue weighted by Crippen LogP contribution is 2.34. The molecule has 0 aliphatic heterocycles. The second kappa shape index (κ2) is 6.76. The number of anilines is 1. The fourth-order valence-electron chi connectivity index (χ4n) is 1.51. The van der Waals surface area contributed by atoms with E-state index in [0.29, 0.717) is 12.2 Å². The molecule has 0 fully saturated rings. The summed E-state index contributed by atoms with van der Waals surface area (Å²) in [4.78, 5) is 11.6. The van der Waals surface area contributed by atoms with E-state index in [1.807, 2.05) is 0 Å². The Morgan fingerprint density at radius 3 is 3.00 bits per heavy atom. The van der Waals surface area contributed by atoms with Crippen molar-refractivity contribution in [2.24, 2.45) is 5.10 Å². The molecule has 0 bridgehead atoms. The van der Waals surface area contributed by atoms with E-state index >= 15 is 0 Å². The van der Waals surface area contributed by atoms with Gasteiger partial charge in [0.15, 0.2) is 11.5 Å². The van der Waals surface area contributed by atoms with Gasteiger partial charge in [-0.3, -0.25) is 4.79 Å². The van der Waals surface area contributed by atoms with Crippen LogP contribution in [0.2, 0.25) is 5.02 Å². The molecule has 1 heterocycles. The van der Waals surface area contributed by atoms with Gasteiger partial charge in [-0.1, -0.05) is 11.6 Å². The van der Waals surface area contributed by atoms with Crippen molar-refractivity contribution in [2.45, 2.75) is 6.92 Å². The summed E-state index contributed by atoms with van der Waals surface area (Å²) in [5.41, 5.74) is 7.92. The van der Waals surface area contributed by atoms with Crippen LogP contribution in [-0.2, 0) is 0 Å². The molecule has 0 spiro atoms. The van der Waals surface area contributed by atoms with E-state index < -0.39 is 5.91 Å². The third-order valence-electron chi connectivity index (χ3n) is 2.46. The number of nitrogen functional groups attached to an aromatic ring is 1. The normalized spacial score (nSPS) is 10.8. The number of amides is 1. The summed E-state index contributed by atoms with van der Waals surface area (Å²) in [7, 11) is 0. The molecule has 0 aliphatic carbocycles. The summed E-state index contributed by atoms with van der Waals surface area (Å²) in [6.07, 6.45) is 1.31. The first-order chi connectivity index (χ1) is 10.5. The van der Waals surface area contributed by atoms with Crippen molar-refractivity contribution in [2.75, 3.05) is 12.3 Å². The number of hydrogen-bond donors (Lipinski definition) is 3. The Bertz CT molecular complexity index is 716. The Labute approximate surface area is 129 Å². The van der Waals surface area contributed by atoms with Gasteiger partial charge in [-0.2, -0.15) is 5.10 Å². The lowest BCUT2D eigenvalue weighted by atomic mass is 10.2. The quantitative estimate of drug-likeness (QED) is 0.554. The number of hydrazone groups is 1. The predicted octanol–water partition coefficient (Wildman–Crippen LogP) is 1.17. The zero-order chi connectivity index (χ0) is 16.1. The summed E-state index contributed by atoms with van der Waals surface area (Å²) < 4.78 is 9.53. The number of nitrogens with two attached hydrogens (primary N) is 1. The molecule has 0 aliphatic rings. The topological polar surface area (TPSA) is 136 Å². The van der Waals surface area contributed by atoms with Crippen LogP contribution in [0, 0.1) is 0 Å². The van der Waals surface area contributed by atoms with Gasteiger partial charge in [-0.05, 0) is 34.9 Å². The van der Waals surface area contributed by atoms with Gasteiger partial charge in [0.25, 0.3) is 5.91 Å². The Morgan fingerprint density at radius 2 is 2.36 bits per heavy atom. The Balaban J connectivity index is 2.10. The van der Waals surface area contributed by atoms with Crippen molar-refractivity contribution in [3.63, 3.8) is 0 Å². The van der Waals surface area contributed by atoms with Gasteiger partial charge in [0.1, 0.15) is 0 Å². The Kier molecular flexibility index (Phi) is 4.79. The molecule has 1 aromatic carbocycles. The van der Waals surface area contributed by atoms with E-state index in [2.05, 4.69) is 25.5 Å². The predicted molar refractivity (Wildman–Crippen MR) is 78.1 cm³/mol. The van der Waals surface area contributed by atoms with E-state index in [1.165, 1.54) is 18.3 Å². The zero-order valence-corrected chi connectivity index (χ0v) is 12.2. The molecule has 2 aromatic rings. The van der Waals surface area contributed by atoms with Crippen LogP contribution < -0.4 is 15.9 Å². The fraction of sp³-hybridized carbons (Fsp3) is 0.167. The molecule has 22 heavy (non-hydrogen) atoms. The molecule has 0 saturated carbocycles. The number of hydrogen-bond acceptors (Lipinski definition) is 8. The minimum Gasteiger partial charge on any atom is -0.503 e. The molecule has 0 unspecified atom stereocenters. The van der Waals surface area contributed by atoms with Crippen molar-refractivity contribution in [1.29, 1.82) is 0 Å². The van der Waals surface area contributed by atoms with Crippen molar-refractivity contribution >= 4 is 29.5 Å². The molecule has 9 nitrogen and oxygen atoms in total. The van der Waals surface area contributed by atoms with Gasteiger partial charge < -0.3 is 15.6 Å². The van der Waals surface area contributed by atoms with Gasteiger partial charge >= 0.3 is 0 Å². The van der Waals surface area contributed by atoms with Crippen LogP contribution in [0.15, 0.2) is 21.9 Å². The number of carbonyl (C=O) groups excluding carboxylic acids is 1. The number of carbonyl (C=O) groups is 1. The Hall–Kier alpha value is -2.81. The maximum Gasteiger partial charge on any atom is 0.297 e. The van der Waals surface area contributed by atoms with Gasteiger partial charge in [0.05, 0.1) is 17.8 Å². The van der Waals surface area contributed by atoms with Crippen LogP contribution in [0.4, 0.5) is 5.82 Å². The SMILES string of the molecule is CCOc1cc(/C=N/NC(=O)c2nonc2N)cc(Cl)c1O. The van der Waals surface area contributed by atoms with Crippen LogP contribution in [0.3, 0.4) is 0 Å². The van der Waals surface area contributed by atoms with Crippen molar-refractivity contribution in [3.8, 4) is 11.5 Å². The van der Waals surface area contributed by atoms with Gasteiger partial charge in [0, 0.05) is 0 Å². The number of benzene rings is 1. The molecule has 2 rings (SSSR count). The summed E-state index contributed by atoms with van der Waals surface area (Å²) in [6.45, 7) is 2.13. The number of phenols is 1. The maximum atomic E-state index is 11.6. The average molecular weight is 326 g/mol. The number of nitrogens with one attached hydrogen (secondary N) is 1. The van der Waals surface area contributed by atoms with Gasteiger partial charge in [-0.15, -0.1) is 0 Å². The largest absolute Gasteiger partial charge is 0.503 e. The van der Waals surface area contributed by atoms with Crippen molar-refractivity contribution < 1.29 is 19.3 Å². The number of rotatable bonds is 5. The first kappa shape index (κ1) is 15.6. The second-order valence-electron chi connectivity index (χ2n) is 3.98. The molecule has 4 N–H and O–H groups in total. The van der Waals surface area contributed by atoms with Crippen LogP contribution in [-0.4, -0.2) is 34.1 Å². The first-order valence-corrected chi connectivity index (χ1v) is 6.47. The minimum atomic E-state index is -0.676. The molecule has 1 aromatic heterocycles. The number of nitrogens with zero attached hydrogens (tertiary/aromatic N) is 3. The number of aromatic hydroxyl groups is 1. The average Bonchev–Trinajstić information content (AvgIpc) is 2.90. The molecular formula is C12H12ClN5O4. The molecule has 116 valence electrons. The lowest BCUT2D eigenvalue weighted by Crippen LogP contribution is -2.19. The lowest BCUT2D eigenvalue weighted by molar-refractivity contribution is 0.0946. The van der Waals surface area contributed by atoms with Crippen LogP contribution in [0.1, 0.15) is 23.0 Å². The third kappa shape index (κ3) is 3.44. The summed E-state index contributed by atoms with van der Waals surface area (Å²) >= 11 is 5.87. The minimum absolute atomic E-state index is 0.101. The first-order valence-electron chi connectivity index (χ1n) is 6.09. The highest BCUT2D eigenvalue weighted by Gasteiger charge is 2.15. The maximum absolute atomic E-state index is 11.6.